The number of hydrogen-bond donors (Lipinski definition) is 1. The number of pyridine rings is 1. The van der Waals surface area contributed by atoms with Gasteiger partial charge in [0.2, 0.25) is 0 Å². The van der Waals surface area contributed by atoms with Crippen LogP contribution in [0.2, 0.25) is 10.2 Å². The maximum Gasteiger partial charge on any atom is 0.253 e. The molecule has 2 aromatic rings. The molecule has 5 nitrogen and oxygen atoms in total. The molecule has 1 aliphatic rings. The first-order valence-corrected chi connectivity index (χ1v) is 9.22. The molecule has 0 bridgehead atoms. The fraction of sp³-hybridized carbons (Fsp3) is 0.368. The van der Waals surface area contributed by atoms with E-state index in [1.807, 2.05) is 32.0 Å². The van der Waals surface area contributed by atoms with Crippen LogP contribution in [0.3, 0.4) is 0 Å². The molecule has 1 atom stereocenters. The molecule has 1 aromatic carbocycles. The summed E-state index contributed by atoms with van der Waals surface area (Å²) in [6, 6.07) is 7.08. The van der Waals surface area contributed by atoms with E-state index >= 15 is 0 Å². The average Bonchev–Trinajstić information content (AvgIpc) is 2.86. The molecular formula is C19H20Cl2N2O3. The summed E-state index contributed by atoms with van der Waals surface area (Å²) >= 11 is 11.8. The molecule has 26 heavy (non-hydrogen) atoms. The fourth-order valence-electron chi connectivity index (χ4n) is 2.78. The lowest BCUT2D eigenvalue weighted by Gasteiger charge is -2.24. The molecule has 0 radical (unpaired) electrons. The number of ether oxygens (including phenoxy) is 2. The van der Waals surface area contributed by atoms with Crippen molar-refractivity contribution in [2.45, 2.75) is 26.3 Å². The van der Waals surface area contributed by atoms with Crippen molar-refractivity contribution in [1.29, 1.82) is 0 Å². The van der Waals surface area contributed by atoms with Crippen molar-refractivity contribution in [3.05, 3.63) is 51.8 Å². The van der Waals surface area contributed by atoms with Gasteiger partial charge in [-0.25, -0.2) is 4.98 Å². The normalized spacial score (nSPS) is 14.7. The molecule has 7 heteroatoms. The number of carbonyl (C=O) groups is 1. The molecule has 1 N–H and O–H groups in total. The van der Waals surface area contributed by atoms with Crippen molar-refractivity contribution in [3.8, 4) is 11.5 Å². The summed E-state index contributed by atoms with van der Waals surface area (Å²) in [6.45, 7) is 5.34. The van der Waals surface area contributed by atoms with Crippen LogP contribution in [0, 0.1) is 5.92 Å². The minimum Gasteiger partial charge on any atom is -0.490 e. The van der Waals surface area contributed by atoms with Crippen LogP contribution < -0.4 is 14.8 Å². The zero-order valence-electron chi connectivity index (χ0n) is 14.6. The maximum atomic E-state index is 12.6. The Kier molecular flexibility index (Phi) is 5.89. The van der Waals surface area contributed by atoms with Crippen LogP contribution >= 0.6 is 23.2 Å². The molecule has 2 heterocycles. The van der Waals surface area contributed by atoms with Gasteiger partial charge in [-0.15, -0.1) is 0 Å². The van der Waals surface area contributed by atoms with E-state index in [2.05, 4.69) is 10.3 Å². The standard InChI is InChI=1S/C19H20Cl2N2O3/c1-11(2)17(23-19(24)13-8-14(20)18(21)22-10-13)12-4-5-15-16(9-12)26-7-3-6-25-15/h4-5,8-11,17H,3,6-7H2,1-2H3,(H,23,24)/t17-/m1/s1. The molecular weight excluding hydrogens is 375 g/mol. The minimum atomic E-state index is -0.262. The van der Waals surface area contributed by atoms with Crippen LogP contribution in [-0.4, -0.2) is 24.1 Å². The van der Waals surface area contributed by atoms with Crippen molar-refractivity contribution < 1.29 is 14.3 Å². The summed E-state index contributed by atoms with van der Waals surface area (Å²) in [5, 5.41) is 3.46. The molecule has 3 rings (SSSR count). The van der Waals surface area contributed by atoms with Crippen LogP contribution in [0.1, 0.15) is 42.2 Å². The van der Waals surface area contributed by atoms with Crippen molar-refractivity contribution in [1.82, 2.24) is 10.3 Å². The van der Waals surface area contributed by atoms with Gasteiger partial charge in [-0.1, -0.05) is 43.1 Å². The summed E-state index contributed by atoms with van der Waals surface area (Å²) < 4.78 is 11.4. The van der Waals surface area contributed by atoms with Gasteiger partial charge in [-0.05, 0) is 29.7 Å². The zero-order valence-corrected chi connectivity index (χ0v) is 16.1. The molecule has 0 spiro atoms. The first-order valence-electron chi connectivity index (χ1n) is 8.47. The predicted octanol–water partition coefficient (Wildman–Crippen LogP) is 4.68. The highest BCUT2D eigenvalue weighted by atomic mass is 35.5. The summed E-state index contributed by atoms with van der Waals surface area (Å²) in [6.07, 6.45) is 2.26. The maximum absolute atomic E-state index is 12.6. The SMILES string of the molecule is CC(C)[C@@H](NC(=O)c1cnc(Cl)c(Cl)c1)c1ccc2c(c1)OCCCO2. The van der Waals surface area contributed by atoms with Crippen LogP contribution in [-0.2, 0) is 0 Å². The largest absolute Gasteiger partial charge is 0.490 e. The van der Waals surface area contributed by atoms with Gasteiger partial charge < -0.3 is 14.8 Å². The number of rotatable bonds is 4. The lowest BCUT2D eigenvalue weighted by atomic mass is 9.95. The Labute approximate surface area is 162 Å². The van der Waals surface area contributed by atoms with Gasteiger partial charge in [0.1, 0.15) is 5.15 Å². The van der Waals surface area contributed by atoms with Crippen molar-refractivity contribution in [3.63, 3.8) is 0 Å². The Morgan fingerprint density at radius 1 is 1.15 bits per heavy atom. The number of benzene rings is 1. The van der Waals surface area contributed by atoms with E-state index in [-0.39, 0.29) is 28.0 Å². The van der Waals surface area contributed by atoms with Gasteiger partial charge in [0.05, 0.1) is 29.8 Å². The van der Waals surface area contributed by atoms with E-state index in [4.69, 9.17) is 32.7 Å². The number of hydrogen-bond acceptors (Lipinski definition) is 4. The second-order valence-electron chi connectivity index (χ2n) is 6.45. The molecule has 138 valence electrons. The Hall–Kier alpha value is -1.98. The van der Waals surface area contributed by atoms with Gasteiger partial charge in [0.25, 0.3) is 5.91 Å². The predicted molar refractivity (Wildman–Crippen MR) is 101 cm³/mol. The topological polar surface area (TPSA) is 60.5 Å². The summed E-state index contributed by atoms with van der Waals surface area (Å²) in [5.74, 6) is 1.34. The van der Waals surface area contributed by atoms with Gasteiger partial charge in [0, 0.05) is 12.6 Å². The van der Waals surface area contributed by atoms with E-state index in [1.165, 1.54) is 12.3 Å². The van der Waals surface area contributed by atoms with Gasteiger partial charge >= 0.3 is 0 Å². The van der Waals surface area contributed by atoms with E-state index in [0.29, 0.717) is 24.5 Å². The lowest BCUT2D eigenvalue weighted by Crippen LogP contribution is -2.31. The molecule has 1 aromatic heterocycles. The Balaban J connectivity index is 1.84. The number of aromatic nitrogens is 1. The first-order chi connectivity index (χ1) is 12.5. The summed E-state index contributed by atoms with van der Waals surface area (Å²) in [7, 11) is 0. The number of nitrogens with zero attached hydrogens (tertiary/aromatic N) is 1. The third-order valence-electron chi connectivity index (χ3n) is 4.14. The van der Waals surface area contributed by atoms with Crippen LogP contribution in [0.15, 0.2) is 30.5 Å². The molecule has 0 saturated heterocycles. The molecule has 0 unspecified atom stereocenters. The second-order valence-corrected chi connectivity index (χ2v) is 7.21. The average molecular weight is 395 g/mol. The molecule has 0 fully saturated rings. The van der Waals surface area contributed by atoms with Gasteiger partial charge in [-0.2, -0.15) is 0 Å². The molecule has 1 amide bonds. The van der Waals surface area contributed by atoms with Crippen molar-refractivity contribution in [2.75, 3.05) is 13.2 Å². The summed E-state index contributed by atoms with van der Waals surface area (Å²) in [5.41, 5.74) is 1.31. The Bertz CT molecular complexity index is 811. The zero-order chi connectivity index (χ0) is 18.7. The molecule has 1 aliphatic heterocycles. The number of carbonyl (C=O) groups excluding carboxylic acids is 1. The van der Waals surface area contributed by atoms with Crippen molar-refractivity contribution >= 4 is 29.1 Å². The highest BCUT2D eigenvalue weighted by molar-refractivity contribution is 6.41. The highest BCUT2D eigenvalue weighted by Gasteiger charge is 2.22. The number of amides is 1. The molecule has 0 saturated carbocycles. The second kappa shape index (κ2) is 8.14. The third kappa shape index (κ3) is 4.22. The van der Waals surface area contributed by atoms with Gasteiger partial charge in [0.15, 0.2) is 11.5 Å². The molecule has 0 aliphatic carbocycles. The van der Waals surface area contributed by atoms with E-state index in [9.17, 15) is 4.79 Å². The van der Waals surface area contributed by atoms with Crippen LogP contribution in [0.4, 0.5) is 0 Å². The van der Waals surface area contributed by atoms with Gasteiger partial charge in [-0.3, -0.25) is 4.79 Å². The lowest BCUT2D eigenvalue weighted by molar-refractivity contribution is 0.0925. The summed E-state index contributed by atoms with van der Waals surface area (Å²) in [4.78, 5) is 16.6. The monoisotopic (exact) mass is 394 g/mol. The highest BCUT2D eigenvalue weighted by Crippen LogP contribution is 2.34. The Morgan fingerprint density at radius 2 is 1.88 bits per heavy atom. The number of nitrogens with one attached hydrogen (secondary N) is 1. The van der Waals surface area contributed by atoms with E-state index in [0.717, 1.165) is 17.7 Å². The number of halogens is 2. The smallest absolute Gasteiger partial charge is 0.253 e. The Morgan fingerprint density at radius 3 is 2.58 bits per heavy atom. The van der Waals surface area contributed by atoms with E-state index in [1.54, 1.807) is 0 Å². The van der Waals surface area contributed by atoms with E-state index < -0.39 is 0 Å². The number of fused-ring (bicyclic) bond motifs is 1. The van der Waals surface area contributed by atoms with Crippen molar-refractivity contribution in [2.24, 2.45) is 5.92 Å². The third-order valence-corrected chi connectivity index (χ3v) is 4.83. The quantitative estimate of drug-likeness (QED) is 0.764. The fourth-order valence-corrected chi connectivity index (χ4v) is 3.05. The van der Waals surface area contributed by atoms with Crippen LogP contribution in [0.5, 0.6) is 11.5 Å². The van der Waals surface area contributed by atoms with Crippen LogP contribution in [0.25, 0.3) is 0 Å². The first kappa shape index (κ1) is 18.8. The minimum absolute atomic E-state index is 0.166.